The fourth-order valence-corrected chi connectivity index (χ4v) is 3.26. The number of amides is 2. The van der Waals surface area contributed by atoms with Crippen LogP contribution in [0.4, 0.5) is 11.4 Å². The second-order valence-electron chi connectivity index (χ2n) is 6.43. The predicted molar refractivity (Wildman–Crippen MR) is 110 cm³/mol. The molecule has 2 aromatic carbocycles. The van der Waals surface area contributed by atoms with E-state index in [0.717, 1.165) is 23.4 Å². The molecule has 0 bridgehead atoms. The smallest absolute Gasteiger partial charge is 0.338 e. The molecule has 3 rings (SSSR count). The Labute approximate surface area is 168 Å². The third-order valence-corrected chi connectivity index (χ3v) is 5.09. The van der Waals surface area contributed by atoms with E-state index in [2.05, 4.69) is 10.6 Å². The number of hydrogen-bond donors (Lipinski definition) is 2. The van der Waals surface area contributed by atoms with Crippen LogP contribution in [0.3, 0.4) is 0 Å². The third kappa shape index (κ3) is 5.85. The van der Waals surface area contributed by atoms with Crippen LogP contribution in [0.25, 0.3) is 0 Å². The zero-order chi connectivity index (χ0) is 19.9. The molecular formula is C21H22N2O4S. The van der Waals surface area contributed by atoms with Gasteiger partial charge < -0.3 is 15.4 Å². The molecule has 0 spiro atoms. The van der Waals surface area contributed by atoms with Crippen molar-refractivity contribution in [2.45, 2.75) is 24.7 Å². The summed E-state index contributed by atoms with van der Waals surface area (Å²) in [4.78, 5) is 36.6. The van der Waals surface area contributed by atoms with Crippen LogP contribution in [0.5, 0.6) is 0 Å². The number of hydrogen-bond acceptors (Lipinski definition) is 5. The average molecular weight is 398 g/mol. The number of esters is 1. The van der Waals surface area contributed by atoms with Gasteiger partial charge in [0.2, 0.25) is 11.8 Å². The highest BCUT2D eigenvalue weighted by Crippen LogP contribution is 2.30. The maximum atomic E-state index is 12.2. The fraction of sp³-hybridized carbons (Fsp3) is 0.286. The molecule has 28 heavy (non-hydrogen) atoms. The van der Waals surface area contributed by atoms with Gasteiger partial charge in [0, 0.05) is 22.2 Å². The standard InChI is InChI=1S/C21H22N2O4S/c1-2-27-21(26)15-8-10-16(11-9-15)22-19(24)13-28-18-5-3-4-17(12-18)23-20(25)14-6-7-14/h3-5,8-12,14H,2,6-7,13H2,1H3,(H,22,24)(H,23,25). The molecule has 1 aliphatic carbocycles. The largest absolute Gasteiger partial charge is 0.462 e. The Bertz CT molecular complexity index is 863. The Hall–Kier alpha value is -2.80. The maximum Gasteiger partial charge on any atom is 0.338 e. The molecule has 1 fully saturated rings. The van der Waals surface area contributed by atoms with Gasteiger partial charge in [-0.2, -0.15) is 0 Å². The minimum Gasteiger partial charge on any atom is -0.462 e. The molecule has 1 aliphatic rings. The number of benzene rings is 2. The van der Waals surface area contributed by atoms with E-state index in [4.69, 9.17) is 4.74 Å². The van der Waals surface area contributed by atoms with Crippen LogP contribution in [0, 0.1) is 5.92 Å². The first-order chi connectivity index (χ1) is 13.5. The topological polar surface area (TPSA) is 84.5 Å². The third-order valence-electron chi connectivity index (χ3n) is 4.10. The van der Waals surface area contributed by atoms with Crippen molar-refractivity contribution < 1.29 is 19.1 Å². The quantitative estimate of drug-likeness (QED) is 0.520. The molecule has 7 heteroatoms. The van der Waals surface area contributed by atoms with Crippen LogP contribution < -0.4 is 10.6 Å². The Morgan fingerprint density at radius 1 is 1.04 bits per heavy atom. The lowest BCUT2D eigenvalue weighted by atomic mass is 10.2. The van der Waals surface area contributed by atoms with Crippen molar-refractivity contribution in [1.82, 2.24) is 0 Å². The first-order valence-electron chi connectivity index (χ1n) is 9.16. The molecule has 2 aromatic rings. The molecule has 2 amide bonds. The van der Waals surface area contributed by atoms with E-state index in [-0.39, 0.29) is 29.5 Å². The van der Waals surface area contributed by atoms with E-state index >= 15 is 0 Å². The molecule has 1 saturated carbocycles. The fourth-order valence-electron chi connectivity index (χ4n) is 2.50. The number of rotatable bonds is 8. The van der Waals surface area contributed by atoms with Gasteiger partial charge in [-0.25, -0.2) is 4.79 Å². The van der Waals surface area contributed by atoms with Gasteiger partial charge in [-0.05, 0) is 62.2 Å². The molecule has 2 N–H and O–H groups in total. The lowest BCUT2D eigenvalue weighted by Gasteiger charge is -2.08. The number of thioether (sulfide) groups is 1. The summed E-state index contributed by atoms with van der Waals surface area (Å²) in [6, 6.07) is 14.0. The normalized spacial score (nSPS) is 12.9. The van der Waals surface area contributed by atoms with Gasteiger partial charge in [0.1, 0.15) is 0 Å². The molecule has 0 aromatic heterocycles. The van der Waals surface area contributed by atoms with Gasteiger partial charge in [0.15, 0.2) is 0 Å². The summed E-state index contributed by atoms with van der Waals surface area (Å²) in [6.07, 6.45) is 1.92. The number of carbonyl (C=O) groups is 3. The highest BCUT2D eigenvalue weighted by molar-refractivity contribution is 8.00. The van der Waals surface area contributed by atoms with E-state index in [1.165, 1.54) is 11.8 Å². The van der Waals surface area contributed by atoms with Gasteiger partial charge in [0.05, 0.1) is 17.9 Å². The summed E-state index contributed by atoms with van der Waals surface area (Å²) < 4.78 is 4.93. The van der Waals surface area contributed by atoms with Crippen LogP contribution in [0.2, 0.25) is 0 Å². The predicted octanol–water partition coefficient (Wildman–Crippen LogP) is 3.94. The summed E-state index contributed by atoms with van der Waals surface area (Å²) in [5, 5.41) is 5.70. The van der Waals surface area contributed by atoms with Crippen molar-refractivity contribution in [3.63, 3.8) is 0 Å². The minimum atomic E-state index is -0.385. The van der Waals surface area contributed by atoms with Gasteiger partial charge in [0.25, 0.3) is 0 Å². The molecule has 0 radical (unpaired) electrons. The molecular weight excluding hydrogens is 376 g/mol. The first-order valence-corrected chi connectivity index (χ1v) is 10.1. The number of nitrogens with one attached hydrogen (secondary N) is 2. The highest BCUT2D eigenvalue weighted by atomic mass is 32.2. The van der Waals surface area contributed by atoms with Crippen LogP contribution in [0.15, 0.2) is 53.4 Å². The van der Waals surface area contributed by atoms with E-state index in [0.29, 0.717) is 17.9 Å². The summed E-state index contributed by atoms with van der Waals surface area (Å²) in [7, 11) is 0. The van der Waals surface area contributed by atoms with Crippen molar-refractivity contribution in [3.8, 4) is 0 Å². The van der Waals surface area contributed by atoms with Gasteiger partial charge >= 0.3 is 5.97 Å². The molecule has 0 unspecified atom stereocenters. The van der Waals surface area contributed by atoms with Crippen molar-refractivity contribution in [1.29, 1.82) is 0 Å². The average Bonchev–Trinajstić information content (AvgIpc) is 3.53. The van der Waals surface area contributed by atoms with E-state index in [1.807, 2.05) is 24.3 Å². The molecule has 0 atom stereocenters. The highest BCUT2D eigenvalue weighted by Gasteiger charge is 2.29. The van der Waals surface area contributed by atoms with Gasteiger partial charge in [-0.3, -0.25) is 9.59 Å². The van der Waals surface area contributed by atoms with Gasteiger partial charge in [-0.1, -0.05) is 6.07 Å². The zero-order valence-electron chi connectivity index (χ0n) is 15.6. The summed E-state index contributed by atoms with van der Waals surface area (Å²) in [6.45, 7) is 2.07. The Morgan fingerprint density at radius 2 is 1.79 bits per heavy atom. The van der Waals surface area contributed by atoms with E-state index in [9.17, 15) is 14.4 Å². The monoisotopic (exact) mass is 398 g/mol. The van der Waals surface area contributed by atoms with Gasteiger partial charge in [-0.15, -0.1) is 11.8 Å². The van der Waals surface area contributed by atoms with Crippen LogP contribution in [0.1, 0.15) is 30.1 Å². The number of ether oxygens (including phenoxy) is 1. The van der Waals surface area contributed by atoms with E-state index in [1.54, 1.807) is 31.2 Å². The van der Waals surface area contributed by atoms with Crippen molar-refractivity contribution in [3.05, 3.63) is 54.1 Å². The first kappa shape index (κ1) is 19.9. The second-order valence-corrected chi connectivity index (χ2v) is 7.47. The van der Waals surface area contributed by atoms with E-state index < -0.39 is 0 Å². The van der Waals surface area contributed by atoms with Crippen LogP contribution in [-0.4, -0.2) is 30.1 Å². The lowest BCUT2D eigenvalue weighted by molar-refractivity contribution is -0.117. The summed E-state index contributed by atoms with van der Waals surface area (Å²) in [5.41, 5.74) is 1.81. The number of anilines is 2. The summed E-state index contributed by atoms with van der Waals surface area (Å²) in [5.74, 6) is -0.0889. The Balaban J connectivity index is 1.48. The van der Waals surface area contributed by atoms with Crippen molar-refractivity contribution in [2.24, 2.45) is 5.92 Å². The molecule has 6 nitrogen and oxygen atoms in total. The second kappa shape index (κ2) is 9.41. The molecule has 0 heterocycles. The molecule has 0 saturated heterocycles. The number of carbonyl (C=O) groups excluding carboxylic acids is 3. The van der Waals surface area contributed by atoms with Crippen LogP contribution in [-0.2, 0) is 14.3 Å². The Morgan fingerprint density at radius 3 is 2.46 bits per heavy atom. The van der Waals surface area contributed by atoms with Crippen LogP contribution >= 0.6 is 11.8 Å². The molecule has 0 aliphatic heterocycles. The minimum absolute atomic E-state index is 0.0613. The lowest BCUT2D eigenvalue weighted by Crippen LogP contribution is -2.14. The SMILES string of the molecule is CCOC(=O)c1ccc(NC(=O)CSc2cccc(NC(=O)C3CC3)c2)cc1. The molecule has 146 valence electrons. The van der Waals surface area contributed by atoms with Crippen molar-refractivity contribution in [2.75, 3.05) is 23.0 Å². The van der Waals surface area contributed by atoms with Crippen molar-refractivity contribution >= 4 is 40.9 Å². The Kier molecular flexibility index (Phi) is 6.71. The zero-order valence-corrected chi connectivity index (χ0v) is 16.4. The summed E-state index contributed by atoms with van der Waals surface area (Å²) >= 11 is 1.39. The maximum absolute atomic E-state index is 12.2.